The van der Waals surface area contributed by atoms with Crippen LogP contribution >= 0.6 is 0 Å². The summed E-state index contributed by atoms with van der Waals surface area (Å²) in [6, 6.07) is 7.07. The molecular weight excluding hydrogens is 290 g/mol. The van der Waals surface area contributed by atoms with E-state index in [9.17, 15) is 0 Å². The van der Waals surface area contributed by atoms with Crippen LogP contribution in [-0.2, 0) is 10.8 Å². The van der Waals surface area contributed by atoms with Gasteiger partial charge in [-0.05, 0) is 58.6 Å². The Hall–Kier alpha value is -1.37. The molecule has 24 heavy (non-hydrogen) atoms. The minimum atomic E-state index is 0.156. The lowest BCUT2D eigenvalue weighted by Gasteiger charge is -2.26. The summed E-state index contributed by atoms with van der Waals surface area (Å²) in [5, 5.41) is 0. The first-order valence-corrected chi connectivity index (χ1v) is 9.51. The van der Waals surface area contributed by atoms with E-state index in [0.29, 0.717) is 0 Å². The molecule has 1 heteroatoms. The van der Waals surface area contributed by atoms with Crippen LogP contribution in [-0.4, -0.2) is 12.3 Å². The van der Waals surface area contributed by atoms with Gasteiger partial charge in [0.05, 0.1) is 12.3 Å². The minimum absolute atomic E-state index is 0.156. The Morgan fingerprint density at radius 3 is 1.96 bits per heavy atom. The number of hydrogen-bond acceptors (Lipinski definition) is 1. The van der Waals surface area contributed by atoms with Gasteiger partial charge in [-0.3, -0.25) is 4.99 Å². The molecule has 0 atom stereocenters. The highest BCUT2D eigenvalue weighted by Gasteiger charge is 2.22. The van der Waals surface area contributed by atoms with Crippen LogP contribution in [0, 0.1) is 0 Å². The van der Waals surface area contributed by atoms with Crippen LogP contribution in [0.3, 0.4) is 0 Å². The van der Waals surface area contributed by atoms with E-state index >= 15 is 0 Å². The third-order valence-electron chi connectivity index (χ3n) is 4.86. The molecule has 1 heterocycles. The zero-order valence-electron chi connectivity index (χ0n) is 16.8. The first kappa shape index (κ1) is 19.0. The van der Waals surface area contributed by atoms with Gasteiger partial charge in [0, 0.05) is 5.56 Å². The molecule has 0 bridgehead atoms. The summed E-state index contributed by atoms with van der Waals surface area (Å²) in [5.41, 5.74) is 7.08. The molecule has 1 aliphatic heterocycles. The van der Waals surface area contributed by atoms with E-state index in [4.69, 9.17) is 4.99 Å². The summed E-state index contributed by atoms with van der Waals surface area (Å²) in [6.07, 6.45) is 7.43. The van der Waals surface area contributed by atoms with Crippen molar-refractivity contribution in [1.29, 1.82) is 0 Å². The largest absolute Gasteiger partial charge is 0.280 e. The fraction of sp³-hybridized carbons (Fsp3) is 0.609. The third kappa shape index (κ3) is 4.82. The predicted octanol–water partition coefficient (Wildman–Crippen LogP) is 6.59. The Bertz CT molecular complexity index is 601. The number of nitrogens with zero attached hydrogens (tertiary/aromatic N) is 1. The van der Waals surface area contributed by atoms with Crippen molar-refractivity contribution in [3.63, 3.8) is 0 Å². The van der Waals surface area contributed by atoms with Gasteiger partial charge in [0.15, 0.2) is 0 Å². The van der Waals surface area contributed by atoms with E-state index < -0.39 is 0 Å². The van der Waals surface area contributed by atoms with Crippen LogP contribution in [0.25, 0.3) is 0 Å². The maximum Gasteiger partial charge on any atom is 0.0651 e. The van der Waals surface area contributed by atoms with Gasteiger partial charge in [0.2, 0.25) is 0 Å². The Balaban J connectivity index is 2.33. The predicted molar refractivity (Wildman–Crippen MR) is 107 cm³/mol. The van der Waals surface area contributed by atoms with Gasteiger partial charge in [-0.15, -0.1) is 0 Å². The zero-order chi connectivity index (χ0) is 18.0. The van der Waals surface area contributed by atoms with Crippen LogP contribution in [0.5, 0.6) is 0 Å². The summed E-state index contributed by atoms with van der Waals surface area (Å²) in [4.78, 5) is 4.84. The van der Waals surface area contributed by atoms with Crippen molar-refractivity contribution < 1.29 is 0 Å². The Labute approximate surface area is 149 Å². The van der Waals surface area contributed by atoms with Gasteiger partial charge in [0.25, 0.3) is 0 Å². The third-order valence-corrected chi connectivity index (χ3v) is 4.86. The monoisotopic (exact) mass is 325 g/mol. The lowest BCUT2D eigenvalue weighted by Crippen LogP contribution is -2.17. The molecule has 1 aromatic carbocycles. The van der Waals surface area contributed by atoms with Crippen molar-refractivity contribution in [2.75, 3.05) is 6.54 Å². The Kier molecular flexibility index (Phi) is 5.73. The number of hydrogen-bond donors (Lipinski definition) is 0. The van der Waals surface area contributed by atoms with Gasteiger partial charge < -0.3 is 0 Å². The van der Waals surface area contributed by atoms with E-state index in [1.165, 1.54) is 53.7 Å². The molecule has 0 aliphatic carbocycles. The van der Waals surface area contributed by atoms with Crippen molar-refractivity contribution in [3.8, 4) is 0 Å². The quantitative estimate of drug-likeness (QED) is 0.541. The summed E-state index contributed by atoms with van der Waals surface area (Å²) in [5.74, 6) is 0. The summed E-state index contributed by atoms with van der Waals surface area (Å²) < 4.78 is 0. The maximum absolute atomic E-state index is 4.84. The molecule has 0 spiro atoms. The molecule has 0 amide bonds. The van der Waals surface area contributed by atoms with Gasteiger partial charge in [0.1, 0.15) is 0 Å². The SMILES string of the molecule is CCCCCC1=CC(c2cc(C(C)(C)C)cc(C(C)(C)C)c2)=NC1. The second-order valence-corrected chi connectivity index (χ2v) is 9.26. The Morgan fingerprint density at radius 1 is 0.875 bits per heavy atom. The van der Waals surface area contributed by atoms with Crippen molar-refractivity contribution in [1.82, 2.24) is 0 Å². The number of benzene rings is 1. The molecule has 0 N–H and O–H groups in total. The first-order valence-electron chi connectivity index (χ1n) is 9.51. The molecule has 1 aromatic rings. The average molecular weight is 326 g/mol. The van der Waals surface area contributed by atoms with Crippen molar-refractivity contribution in [3.05, 3.63) is 46.5 Å². The second-order valence-electron chi connectivity index (χ2n) is 9.26. The number of rotatable bonds is 5. The van der Waals surface area contributed by atoms with Crippen LogP contribution in [0.1, 0.15) is 90.8 Å². The number of unbranched alkanes of at least 4 members (excludes halogenated alkanes) is 2. The molecule has 0 radical (unpaired) electrons. The molecule has 1 aliphatic rings. The molecule has 0 aromatic heterocycles. The molecule has 0 unspecified atom stereocenters. The fourth-order valence-electron chi connectivity index (χ4n) is 3.04. The van der Waals surface area contributed by atoms with Gasteiger partial charge >= 0.3 is 0 Å². The highest BCUT2D eigenvalue weighted by Crippen LogP contribution is 2.31. The van der Waals surface area contributed by atoms with Gasteiger partial charge in [-0.2, -0.15) is 0 Å². The molecule has 0 saturated heterocycles. The zero-order valence-corrected chi connectivity index (χ0v) is 16.8. The van der Waals surface area contributed by atoms with E-state index in [1.807, 2.05) is 0 Å². The smallest absolute Gasteiger partial charge is 0.0651 e. The lowest BCUT2D eigenvalue weighted by molar-refractivity contribution is 0.568. The van der Waals surface area contributed by atoms with Crippen LogP contribution in [0.2, 0.25) is 0 Å². The number of aliphatic imine (C=N–C) groups is 1. The molecular formula is C23H35N. The van der Waals surface area contributed by atoms with E-state index in [2.05, 4.69) is 72.7 Å². The molecule has 1 nitrogen and oxygen atoms in total. The van der Waals surface area contributed by atoms with Crippen LogP contribution < -0.4 is 0 Å². The molecule has 2 rings (SSSR count). The van der Waals surface area contributed by atoms with Gasteiger partial charge in [-0.25, -0.2) is 0 Å². The fourth-order valence-corrected chi connectivity index (χ4v) is 3.04. The lowest BCUT2D eigenvalue weighted by atomic mass is 9.79. The summed E-state index contributed by atoms with van der Waals surface area (Å²) in [6.45, 7) is 16.9. The van der Waals surface area contributed by atoms with Crippen molar-refractivity contribution in [2.24, 2.45) is 4.99 Å². The normalized spacial score (nSPS) is 15.5. The highest BCUT2D eigenvalue weighted by atomic mass is 14.8. The summed E-state index contributed by atoms with van der Waals surface area (Å²) >= 11 is 0. The van der Waals surface area contributed by atoms with Crippen LogP contribution in [0.15, 0.2) is 34.8 Å². The highest BCUT2D eigenvalue weighted by molar-refractivity contribution is 6.10. The topological polar surface area (TPSA) is 12.4 Å². The van der Waals surface area contributed by atoms with E-state index in [-0.39, 0.29) is 10.8 Å². The number of allylic oxidation sites excluding steroid dienone is 1. The van der Waals surface area contributed by atoms with E-state index in [1.54, 1.807) is 0 Å². The average Bonchev–Trinajstić information content (AvgIpc) is 2.94. The minimum Gasteiger partial charge on any atom is -0.280 e. The molecule has 0 fully saturated rings. The maximum atomic E-state index is 4.84. The van der Waals surface area contributed by atoms with Crippen molar-refractivity contribution >= 4 is 5.71 Å². The molecule has 132 valence electrons. The van der Waals surface area contributed by atoms with Crippen LogP contribution in [0.4, 0.5) is 0 Å². The first-order chi connectivity index (χ1) is 11.1. The van der Waals surface area contributed by atoms with E-state index in [0.717, 1.165) is 6.54 Å². The molecule has 0 saturated carbocycles. The second kappa shape index (κ2) is 7.25. The Morgan fingerprint density at radius 2 is 1.46 bits per heavy atom. The van der Waals surface area contributed by atoms with Crippen molar-refractivity contribution in [2.45, 2.75) is 85.0 Å². The standard InChI is InChI=1S/C23H35N/c1-8-9-10-11-17-12-21(24-16-17)18-13-19(22(2,3)4)15-20(14-18)23(5,6)7/h12-15H,8-11,16H2,1-7H3. The summed E-state index contributed by atoms with van der Waals surface area (Å²) in [7, 11) is 0. The van der Waals surface area contributed by atoms with Gasteiger partial charge in [-0.1, -0.05) is 67.4 Å².